The maximum atomic E-state index is 11.8. The number of hydroxylamine groups is 2. The molecule has 0 spiro atoms. The minimum atomic E-state index is -0.395. The zero-order valence-corrected chi connectivity index (χ0v) is 10.5. The maximum Gasteiger partial charge on any atom is 0.255 e. The SMILES string of the molecule is COc1c(Cl)cccc1C(=O)NCCN(O)C=O. The van der Waals surface area contributed by atoms with Gasteiger partial charge in [-0.25, -0.2) is 5.06 Å². The monoisotopic (exact) mass is 272 g/mol. The van der Waals surface area contributed by atoms with E-state index in [0.717, 1.165) is 0 Å². The van der Waals surface area contributed by atoms with Crippen LogP contribution in [0.4, 0.5) is 0 Å². The molecule has 6 nitrogen and oxygen atoms in total. The minimum Gasteiger partial charge on any atom is -0.494 e. The zero-order chi connectivity index (χ0) is 13.5. The van der Waals surface area contributed by atoms with Crippen LogP contribution in [0.1, 0.15) is 10.4 Å². The fraction of sp³-hybridized carbons (Fsp3) is 0.273. The molecule has 0 saturated carbocycles. The van der Waals surface area contributed by atoms with E-state index in [9.17, 15) is 9.59 Å². The summed E-state index contributed by atoms with van der Waals surface area (Å²) in [5, 5.41) is 12.2. The van der Waals surface area contributed by atoms with Gasteiger partial charge in [0.05, 0.1) is 24.2 Å². The quantitative estimate of drug-likeness (QED) is 0.459. The number of benzene rings is 1. The van der Waals surface area contributed by atoms with Crippen LogP contribution in [0.2, 0.25) is 5.02 Å². The van der Waals surface area contributed by atoms with Crippen molar-refractivity contribution in [2.24, 2.45) is 0 Å². The molecule has 2 amide bonds. The number of methoxy groups -OCH3 is 1. The molecule has 0 saturated heterocycles. The first-order chi connectivity index (χ1) is 8.60. The van der Waals surface area contributed by atoms with E-state index in [2.05, 4.69) is 5.32 Å². The van der Waals surface area contributed by atoms with Gasteiger partial charge in [0, 0.05) is 6.54 Å². The molecule has 18 heavy (non-hydrogen) atoms. The van der Waals surface area contributed by atoms with E-state index in [1.54, 1.807) is 18.2 Å². The van der Waals surface area contributed by atoms with Crippen LogP contribution < -0.4 is 10.1 Å². The third-order valence-corrected chi connectivity index (χ3v) is 2.46. The average Bonchev–Trinajstić information content (AvgIpc) is 2.37. The molecule has 0 radical (unpaired) electrons. The van der Waals surface area contributed by atoms with E-state index in [-0.39, 0.29) is 25.2 Å². The molecule has 0 heterocycles. The van der Waals surface area contributed by atoms with Gasteiger partial charge in [-0.15, -0.1) is 0 Å². The molecule has 0 aliphatic heterocycles. The summed E-state index contributed by atoms with van der Waals surface area (Å²) >= 11 is 5.88. The van der Waals surface area contributed by atoms with Gasteiger partial charge in [0.1, 0.15) is 5.75 Å². The van der Waals surface area contributed by atoms with Crippen molar-refractivity contribution in [3.05, 3.63) is 28.8 Å². The van der Waals surface area contributed by atoms with E-state index in [1.165, 1.54) is 7.11 Å². The second-order valence-electron chi connectivity index (χ2n) is 3.35. The highest BCUT2D eigenvalue weighted by Gasteiger charge is 2.14. The van der Waals surface area contributed by atoms with Crippen molar-refractivity contribution in [1.82, 2.24) is 10.4 Å². The number of carbonyl (C=O) groups is 2. The Morgan fingerprint density at radius 2 is 2.33 bits per heavy atom. The third kappa shape index (κ3) is 3.61. The first-order valence-corrected chi connectivity index (χ1v) is 5.49. The van der Waals surface area contributed by atoms with Crippen LogP contribution in [0.15, 0.2) is 18.2 Å². The highest BCUT2D eigenvalue weighted by molar-refractivity contribution is 6.32. The molecule has 1 aromatic rings. The number of hydrogen-bond donors (Lipinski definition) is 2. The van der Waals surface area contributed by atoms with Crippen molar-refractivity contribution in [3.63, 3.8) is 0 Å². The van der Waals surface area contributed by atoms with Crippen LogP contribution in [-0.4, -0.2) is 42.8 Å². The minimum absolute atomic E-state index is 0.00186. The van der Waals surface area contributed by atoms with Crippen molar-refractivity contribution >= 4 is 23.9 Å². The van der Waals surface area contributed by atoms with Crippen LogP contribution in [0.5, 0.6) is 5.75 Å². The first-order valence-electron chi connectivity index (χ1n) is 5.11. The van der Waals surface area contributed by atoms with Crippen molar-refractivity contribution in [3.8, 4) is 5.75 Å². The molecule has 0 unspecified atom stereocenters. The molecular formula is C11H13ClN2O4. The standard InChI is InChI=1S/C11H13ClN2O4/c1-18-10-8(3-2-4-9(10)12)11(16)13-5-6-14(17)7-15/h2-4,7,17H,5-6H2,1H3,(H,13,16). The second-order valence-corrected chi connectivity index (χ2v) is 3.75. The van der Waals surface area contributed by atoms with Crippen molar-refractivity contribution in [2.45, 2.75) is 0 Å². The summed E-state index contributed by atoms with van der Waals surface area (Å²) in [6.45, 7) is 0.113. The van der Waals surface area contributed by atoms with Crippen LogP contribution in [0.3, 0.4) is 0 Å². The van der Waals surface area contributed by atoms with Crippen LogP contribution in [-0.2, 0) is 4.79 Å². The number of carbonyl (C=O) groups excluding carboxylic acids is 2. The smallest absolute Gasteiger partial charge is 0.255 e. The van der Waals surface area contributed by atoms with Crippen molar-refractivity contribution in [1.29, 1.82) is 0 Å². The summed E-state index contributed by atoms with van der Waals surface area (Å²) in [5.74, 6) is -0.110. The van der Waals surface area contributed by atoms with Gasteiger partial charge in [0.15, 0.2) is 0 Å². The molecular weight excluding hydrogens is 260 g/mol. The van der Waals surface area contributed by atoms with Crippen LogP contribution in [0.25, 0.3) is 0 Å². The number of hydrogen-bond acceptors (Lipinski definition) is 4. The van der Waals surface area contributed by atoms with Crippen LogP contribution in [0, 0.1) is 0 Å². The topological polar surface area (TPSA) is 78.9 Å². The molecule has 0 aromatic heterocycles. The Kier molecular flexibility index (Phi) is 5.41. The molecule has 7 heteroatoms. The van der Waals surface area contributed by atoms with Gasteiger partial charge in [-0.1, -0.05) is 17.7 Å². The van der Waals surface area contributed by atoms with Gasteiger partial charge in [-0.05, 0) is 12.1 Å². The Labute approximate surface area is 109 Å². The summed E-state index contributed by atoms with van der Waals surface area (Å²) in [6, 6.07) is 4.80. The van der Waals surface area contributed by atoms with E-state index < -0.39 is 5.91 Å². The predicted octanol–water partition coefficient (Wildman–Crippen LogP) is 0.926. The molecule has 0 aliphatic carbocycles. The summed E-state index contributed by atoms with van der Waals surface area (Å²) in [7, 11) is 1.42. The number of amides is 2. The third-order valence-electron chi connectivity index (χ3n) is 2.16. The summed E-state index contributed by atoms with van der Waals surface area (Å²) in [5.41, 5.74) is 0.292. The van der Waals surface area contributed by atoms with Gasteiger partial charge in [-0.3, -0.25) is 14.8 Å². The molecule has 98 valence electrons. The molecule has 0 bridgehead atoms. The van der Waals surface area contributed by atoms with E-state index in [0.29, 0.717) is 15.6 Å². The Bertz CT molecular complexity index is 439. The van der Waals surface area contributed by atoms with Gasteiger partial charge in [0.2, 0.25) is 6.41 Å². The van der Waals surface area contributed by atoms with Crippen LogP contribution >= 0.6 is 11.6 Å². The fourth-order valence-electron chi connectivity index (χ4n) is 1.33. The number of nitrogens with one attached hydrogen (secondary N) is 1. The summed E-state index contributed by atoms with van der Waals surface area (Å²) < 4.78 is 5.04. The first kappa shape index (κ1) is 14.3. The van der Waals surface area contributed by atoms with E-state index >= 15 is 0 Å². The Morgan fingerprint density at radius 3 is 2.94 bits per heavy atom. The highest BCUT2D eigenvalue weighted by Crippen LogP contribution is 2.27. The number of para-hydroxylation sites is 1. The maximum absolute atomic E-state index is 11.8. The average molecular weight is 273 g/mol. The Morgan fingerprint density at radius 1 is 1.61 bits per heavy atom. The van der Waals surface area contributed by atoms with E-state index in [1.807, 2.05) is 0 Å². The molecule has 0 atom stereocenters. The predicted molar refractivity (Wildman–Crippen MR) is 64.9 cm³/mol. The zero-order valence-electron chi connectivity index (χ0n) is 9.72. The van der Waals surface area contributed by atoms with Gasteiger partial charge >= 0.3 is 0 Å². The van der Waals surface area contributed by atoms with Gasteiger partial charge in [0.25, 0.3) is 5.91 Å². The summed E-state index contributed by atoms with van der Waals surface area (Å²) in [6.07, 6.45) is 0.256. The molecule has 0 fully saturated rings. The number of halogens is 1. The lowest BCUT2D eigenvalue weighted by atomic mass is 10.2. The molecule has 1 aromatic carbocycles. The lowest BCUT2D eigenvalue weighted by Gasteiger charge is -2.12. The number of ether oxygens (including phenoxy) is 1. The van der Waals surface area contributed by atoms with E-state index in [4.69, 9.17) is 21.5 Å². The van der Waals surface area contributed by atoms with Crippen molar-refractivity contribution in [2.75, 3.05) is 20.2 Å². The lowest BCUT2D eigenvalue weighted by molar-refractivity contribution is -0.149. The largest absolute Gasteiger partial charge is 0.494 e. The Hall–Kier alpha value is -1.79. The second kappa shape index (κ2) is 6.83. The van der Waals surface area contributed by atoms with Gasteiger partial charge < -0.3 is 10.1 Å². The molecule has 0 aliphatic rings. The molecule has 2 N–H and O–H groups in total. The normalized spacial score (nSPS) is 9.72. The lowest BCUT2D eigenvalue weighted by Crippen LogP contribution is -2.32. The Balaban J connectivity index is 2.67. The summed E-state index contributed by atoms with van der Waals surface area (Å²) in [4.78, 5) is 21.9. The number of rotatable bonds is 6. The molecule has 1 rings (SSSR count). The fourth-order valence-corrected chi connectivity index (χ4v) is 1.58. The van der Waals surface area contributed by atoms with Crippen molar-refractivity contribution < 1.29 is 19.5 Å². The number of nitrogens with zero attached hydrogens (tertiary/aromatic N) is 1. The van der Waals surface area contributed by atoms with Gasteiger partial charge in [-0.2, -0.15) is 0 Å². The highest BCUT2D eigenvalue weighted by atomic mass is 35.5.